The molecule has 21 heavy (non-hydrogen) atoms. The molecule has 2 atom stereocenters. The van der Waals surface area contributed by atoms with Crippen molar-refractivity contribution in [2.45, 2.75) is 39.7 Å². The zero-order valence-electron chi connectivity index (χ0n) is 12.8. The number of aromatic hydroxyl groups is 1. The molecule has 0 saturated heterocycles. The van der Waals surface area contributed by atoms with Crippen LogP contribution in [0, 0.1) is 5.92 Å². The minimum Gasteiger partial charge on any atom is -0.507 e. The standard InChI is InChI=1S/C16H24N2O3/c1-4-5-10-17-15(20)11(2)12(3)18-16(21)13-8-6-7-9-14(13)19/h6-9,11-12,19H,4-5,10H2,1-3H3,(H,17,20)(H,18,21). The number of hydrogen-bond donors (Lipinski definition) is 3. The average Bonchev–Trinajstić information content (AvgIpc) is 2.46. The lowest BCUT2D eigenvalue weighted by atomic mass is 10.0. The average molecular weight is 292 g/mol. The Morgan fingerprint density at radius 3 is 2.52 bits per heavy atom. The van der Waals surface area contributed by atoms with E-state index in [4.69, 9.17) is 0 Å². The van der Waals surface area contributed by atoms with Gasteiger partial charge in [0.15, 0.2) is 0 Å². The van der Waals surface area contributed by atoms with E-state index in [9.17, 15) is 14.7 Å². The molecule has 2 unspecified atom stereocenters. The quantitative estimate of drug-likeness (QED) is 0.673. The molecule has 1 aromatic carbocycles. The Morgan fingerprint density at radius 2 is 1.90 bits per heavy atom. The molecule has 1 aromatic rings. The highest BCUT2D eigenvalue weighted by Crippen LogP contribution is 2.16. The summed E-state index contributed by atoms with van der Waals surface area (Å²) in [5, 5.41) is 15.2. The van der Waals surface area contributed by atoms with Crippen molar-refractivity contribution in [3.63, 3.8) is 0 Å². The van der Waals surface area contributed by atoms with Gasteiger partial charge in [-0.1, -0.05) is 32.4 Å². The van der Waals surface area contributed by atoms with E-state index in [1.165, 1.54) is 6.07 Å². The summed E-state index contributed by atoms with van der Waals surface area (Å²) < 4.78 is 0. The number of para-hydroxylation sites is 1. The number of nitrogens with one attached hydrogen (secondary N) is 2. The number of hydrogen-bond acceptors (Lipinski definition) is 3. The predicted octanol–water partition coefficient (Wildman–Crippen LogP) is 2.06. The molecule has 0 aliphatic heterocycles. The molecule has 0 radical (unpaired) electrons. The van der Waals surface area contributed by atoms with Crippen molar-refractivity contribution in [2.75, 3.05) is 6.54 Å². The second-order valence-electron chi connectivity index (χ2n) is 5.21. The summed E-state index contributed by atoms with van der Waals surface area (Å²) in [7, 11) is 0. The SMILES string of the molecule is CCCCNC(=O)C(C)C(C)NC(=O)c1ccccc1O. The fraction of sp³-hybridized carbons (Fsp3) is 0.500. The van der Waals surface area contributed by atoms with Gasteiger partial charge >= 0.3 is 0 Å². The first kappa shape index (κ1) is 17.0. The highest BCUT2D eigenvalue weighted by Gasteiger charge is 2.22. The van der Waals surface area contributed by atoms with E-state index in [2.05, 4.69) is 17.6 Å². The van der Waals surface area contributed by atoms with Gasteiger partial charge in [0, 0.05) is 12.6 Å². The van der Waals surface area contributed by atoms with Crippen LogP contribution >= 0.6 is 0 Å². The Kier molecular flexibility index (Phi) is 6.72. The molecule has 3 N–H and O–H groups in total. The molecule has 2 amide bonds. The van der Waals surface area contributed by atoms with E-state index in [0.29, 0.717) is 6.54 Å². The predicted molar refractivity (Wildman–Crippen MR) is 82.1 cm³/mol. The maximum absolute atomic E-state index is 12.1. The normalized spacial score (nSPS) is 13.3. The van der Waals surface area contributed by atoms with Crippen molar-refractivity contribution in [2.24, 2.45) is 5.92 Å². The van der Waals surface area contributed by atoms with Gasteiger partial charge in [0.05, 0.1) is 11.5 Å². The van der Waals surface area contributed by atoms with E-state index in [1.807, 2.05) is 0 Å². The molecule has 0 spiro atoms. The second-order valence-corrected chi connectivity index (χ2v) is 5.21. The van der Waals surface area contributed by atoms with Gasteiger partial charge < -0.3 is 15.7 Å². The zero-order chi connectivity index (χ0) is 15.8. The third-order valence-corrected chi connectivity index (χ3v) is 3.50. The lowest BCUT2D eigenvalue weighted by Gasteiger charge is -2.21. The molecule has 0 aromatic heterocycles. The van der Waals surface area contributed by atoms with Crippen molar-refractivity contribution in [3.05, 3.63) is 29.8 Å². The van der Waals surface area contributed by atoms with Gasteiger partial charge in [0.2, 0.25) is 5.91 Å². The van der Waals surface area contributed by atoms with Crippen LogP contribution < -0.4 is 10.6 Å². The number of amides is 2. The van der Waals surface area contributed by atoms with Gasteiger partial charge in [-0.05, 0) is 25.5 Å². The molecule has 0 saturated carbocycles. The molecular formula is C16H24N2O3. The van der Waals surface area contributed by atoms with Crippen LogP contribution in [0.1, 0.15) is 44.0 Å². The fourth-order valence-corrected chi connectivity index (χ4v) is 1.85. The van der Waals surface area contributed by atoms with E-state index in [0.717, 1.165) is 12.8 Å². The fourth-order valence-electron chi connectivity index (χ4n) is 1.85. The smallest absolute Gasteiger partial charge is 0.255 e. The lowest BCUT2D eigenvalue weighted by molar-refractivity contribution is -0.125. The lowest BCUT2D eigenvalue weighted by Crippen LogP contribution is -2.44. The zero-order valence-corrected chi connectivity index (χ0v) is 12.8. The third kappa shape index (κ3) is 5.10. The van der Waals surface area contributed by atoms with Gasteiger partial charge in [-0.25, -0.2) is 0 Å². The Morgan fingerprint density at radius 1 is 1.24 bits per heavy atom. The van der Waals surface area contributed by atoms with Crippen LogP contribution in [0.3, 0.4) is 0 Å². The minimum absolute atomic E-state index is 0.0674. The topological polar surface area (TPSA) is 78.4 Å². The van der Waals surface area contributed by atoms with Crippen LogP contribution in [0.2, 0.25) is 0 Å². The largest absolute Gasteiger partial charge is 0.507 e. The first-order valence-electron chi connectivity index (χ1n) is 7.34. The molecule has 0 bridgehead atoms. The van der Waals surface area contributed by atoms with Crippen molar-refractivity contribution in [3.8, 4) is 5.75 Å². The Labute approximate surface area is 125 Å². The van der Waals surface area contributed by atoms with Gasteiger partial charge in [-0.3, -0.25) is 9.59 Å². The van der Waals surface area contributed by atoms with Crippen LogP contribution in [-0.4, -0.2) is 29.5 Å². The molecule has 5 heteroatoms. The molecule has 5 nitrogen and oxygen atoms in total. The monoisotopic (exact) mass is 292 g/mol. The number of phenolic OH excluding ortho intramolecular Hbond substituents is 1. The van der Waals surface area contributed by atoms with Crippen molar-refractivity contribution in [1.29, 1.82) is 0 Å². The van der Waals surface area contributed by atoms with Crippen LogP contribution in [-0.2, 0) is 4.79 Å². The molecule has 116 valence electrons. The Hall–Kier alpha value is -2.04. The maximum Gasteiger partial charge on any atom is 0.255 e. The summed E-state index contributed by atoms with van der Waals surface area (Å²) in [4.78, 5) is 24.0. The first-order chi connectivity index (χ1) is 9.97. The molecule has 0 heterocycles. The molecule has 0 fully saturated rings. The van der Waals surface area contributed by atoms with Crippen molar-refractivity contribution < 1.29 is 14.7 Å². The second kappa shape index (κ2) is 8.29. The highest BCUT2D eigenvalue weighted by atomic mass is 16.3. The third-order valence-electron chi connectivity index (χ3n) is 3.50. The van der Waals surface area contributed by atoms with E-state index in [1.54, 1.807) is 32.0 Å². The van der Waals surface area contributed by atoms with Gasteiger partial charge in [0.25, 0.3) is 5.91 Å². The maximum atomic E-state index is 12.1. The van der Waals surface area contributed by atoms with Crippen molar-refractivity contribution >= 4 is 11.8 Å². The van der Waals surface area contributed by atoms with Crippen LogP contribution in [0.5, 0.6) is 5.75 Å². The number of carbonyl (C=O) groups excluding carboxylic acids is 2. The molecule has 0 aliphatic carbocycles. The summed E-state index contributed by atoms with van der Waals surface area (Å²) in [6.07, 6.45) is 1.96. The van der Waals surface area contributed by atoms with Gasteiger partial charge in [-0.2, -0.15) is 0 Å². The number of benzene rings is 1. The van der Waals surface area contributed by atoms with E-state index >= 15 is 0 Å². The van der Waals surface area contributed by atoms with Crippen LogP contribution in [0.25, 0.3) is 0 Å². The van der Waals surface area contributed by atoms with Crippen molar-refractivity contribution in [1.82, 2.24) is 10.6 Å². The van der Waals surface area contributed by atoms with Gasteiger partial charge in [-0.15, -0.1) is 0 Å². The first-order valence-corrected chi connectivity index (χ1v) is 7.34. The number of rotatable bonds is 7. The molecule has 0 aliphatic rings. The van der Waals surface area contributed by atoms with Gasteiger partial charge in [0.1, 0.15) is 5.75 Å². The van der Waals surface area contributed by atoms with Crippen LogP contribution in [0.15, 0.2) is 24.3 Å². The Balaban J connectivity index is 2.55. The van der Waals surface area contributed by atoms with E-state index in [-0.39, 0.29) is 35.1 Å². The number of carbonyl (C=O) groups is 2. The number of phenols is 1. The minimum atomic E-state index is -0.381. The van der Waals surface area contributed by atoms with E-state index < -0.39 is 0 Å². The van der Waals surface area contributed by atoms with Crippen LogP contribution in [0.4, 0.5) is 0 Å². The summed E-state index contributed by atoms with van der Waals surface area (Å²) in [5.41, 5.74) is 0.211. The summed E-state index contributed by atoms with van der Waals surface area (Å²) in [6.45, 7) is 6.27. The summed E-state index contributed by atoms with van der Waals surface area (Å²) in [5.74, 6) is -0.860. The highest BCUT2D eigenvalue weighted by molar-refractivity contribution is 5.97. The number of unbranched alkanes of at least 4 members (excludes halogenated alkanes) is 1. The summed E-state index contributed by atoms with van der Waals surface area (Å²) in [6, 6.07) is 6.02. The summed E-state index contributed by atoms with van der Waals surface area (Å²) >= 11 is 0. The molecular weight excluding hydrogens is 268 g/mol. The Bertz CT molecular complexity index is 488. The molecule has 1 rings (SSSR count).